The number of thioether (sulfide) groups is 2. The lowest BCUT2D eigenvalue weighted by Crippen LogP contribution is -2.09. The van der Waals surface area contributed by atoms with Crippen molar-refractivity contribution in [2.75, 3.05) is 6.26 Å². The number of nitrogens with zero attached hydrogens (tertiary/aromatic N) is 1. The van der Waals surface area contributed by atoms with Crippen LogP contribution in [-0.4, -0.2) is 14.7 Å². The molecule has 0 atom stereocenters. The van der Waals surface area contributed by atoms with Crippen LogP contribution in [0.5, 0.6) is 0 Å². The summed E-state index contributed by atoms with van der Waals surface area (Å²) in [7, 11) is -3.62. The Morgan fingerprint density at radius 3 is 2.69 bits per heavy atom. The molecule has 0 amide bonds. The van der Waals surface area contributed by atoms with Crippen LogP contribution in [0, 0.1) is 11.3 Å². The molecular weight excluding hydrogens is 262 g/mol. The third-order valence-electron chi connectivity index (χ3n) is 2.08. The van der Waals surface area contributed by atoms with Crippen molar-refractivity contribution < 1.29 is 8.42 Å². The molecule has 1 aliphatic rings. The molecule has 0 fully saturated rings. The van der Waals surface area contributed by atoms with Gasteiger partial charge in [-0.2, -0.15) is 5.26 Å². The molecule has 0 unspecified atom stereocenters. The van der Waals surface area contributed by atoms with E-state index in [9.17, 15) is 8.42 Å². The molecule has 0 spiro atoms. The highest BCUT2D eigenvalue weighted by atomic mass is 32.2. The van der Waals surface area contributed by atoms with Gasteiger partial charge in [0.15, 0.2) is 4.91 Å². The summed E-state index contributed by atoms with van der Waals surface area (Å²) in [5.41, 5.74) is 0. The molecule has 1 heterocycles. The summed E-state index contributed by atoms with van der Waals surface area (Å²) in [6, 6.07) is 8.52. The first-order valence-electron chi connectivity index (χ1n) is 4.31. The molecule has 2 rings (SSSR count). The predicted molar refractivity (Wildman–Crippen MR) is 65.6 cm³/mol. The Kier molecular flexibility index (Phi) is 3.02. The van der Waals surface area contributed by atoms with Gasteiger partial charge in [-0.15, -0.1) is 11.8 Å². The first kappa shape index (κ1) is 11.6. The fourth-order valence-electron chi connectivity index (χ4n) is 1.36. The maximum atomic E-state index is 12.1. The second kappa shape index (κ2) is 4.17. The molecule has 1 aliphatic heterocycles. The zero-order valence-corrected chi connectivity index (χ0v) is 10.7. The van der Waals surface area contributed by atoms with Gasteiger partial charge in [-0.1, -0.05) is 23.9 Å². The summed E-state index contributed by atoms with van der Waals surface area (Å²) in [4.78, 5) is 0.781. The summed E-state index contributed by atoms with van der Waals surface area (Å²) >= 11 is 2.62. The van der Waals surface area contributed by atoms with Crippen LogP contribution in [0.1, 0.15) is 0 Å². The topological polar surface area (TPSA) is 57.9 Å². The molecule has 16 heavy (non-hydrogen) atoms. The molecule has 0 saturated carbocycles. The normalized spacial score (nSPS) is 17.8. The van der Waals surface area contributed by atoms with E-state index in [-0.39, 0.29) is 9.80 Å². The maximum Gasteiger partial charge on any atom is 0.219 e. The Labute approximate surface area is 102 Å². The lowest BCUT2D eigenvalue weighted by Gasteiger charge is -2.17. The Hall–Kier alpha value is -0.900. The highest BCUT2D eigenvalue weighted by Crippen LogP contribution is 2.46. The quantitative estimate of drug-likeness (QED) is 0.784. The van der Waals surface area contributed by atoms with E-state index in [1.165, 1.54) is 29.6 Å². The van der Waals surface area contributed by atoms with E-state index < -0.39 is 9.84 Å². The predicted octanol–water partition coefficient (Wildman–Crippen LogP) is 2.62. The van der Waals surface area contributed by atoms with Gasteiger partial charge in [0.1, 0.15) is 6.07 Å². The number of hydrogen-bond donors (Lipinski definition) is 0. The fourth-order valence-corrected chi connectivity index (χ4v) is 5.49. The monoisotopic (exact) mass is 269 g/mol. The van der Waals surface area contributed by atoms with E-state index in [0.29, 0.717) is 9.13 Å². The third-order valence-corrected chi connectivity index (χ3v) is 6.53. The zero-order chi connectivity index (χ0) is 11.8. The molecule has 0 aromatic heterocycles. The van der Waals surface area contributed by atoms with E-state index in [1.54, 1.807) is 30.5 Å². The highest BCUT2D eigenvalue weighted by molar-refractivity contribution is 8.23. The number of benzene rings is 1. The van der Waals surface area contributed by atoms with E-state index in [2.05, 4.69) is 0 Å². The maximum absolute atomic E-state index is 12.1. The van der Waals surface area contributed by atoms with Crippen LogP contribution in [0.2, 0.25) is 0 Å². The van der Waals surface area contributed by atoms with Gasteiger partial charge in [0.05, 0.1) is 9.13 Å². The van der Waals surface area contributed by atoms with E-state index in [0.717, 1.165) is 0 Å². The number of allylic oxidation sites excluding steroid dienone is 1. The van der Waals surface area contributed by atoms with Crippen molar-refractivity contribution in [3.8, 4) is 6.07 Å². The molecular formula is C10H7NO2S3. The van der Waals surface area contributed by atoms with Crippen LogP contribution in [0.3, 0.4) is 0 Å². The minimum absolute atomic E-state index is 0.135. The van der Waals surface area contributed by atoms with Crippen molar-refractivity contribution in [2.45, 2.75) is 9.79 Å². The molecule has 1 aromatic rings. The lowest BCUT2D eigenvalue weighted by molar-refractivity contribution is 0.601. The minimum atomic E-state index is -3.62. The first-order chi connectivity index (χ1) is 7.61. The van der Waals surface area contributed by atoms with Gasteiger partial charge in [0.25, 0.3) is 0 Å². The molecule has 1 aromatic carbocycles. The Bertz CT molecular complexity index is 611. The molecule has 3 nitrogen and oxygen atoms in total. The average molecular weight is 269 g/mol. The summed E-state index contributed by atoms with van der Waals surface area (Å²) in [6.07, 6.45) is 1.77. The molecule has 0 bridgehead atoms. The van der Waals surface area contributed by atoms with Crippen molar-refractivity contribution in [3.63, 3.8) is 0 Å². The van der Waals surface area contributed by atoms with Crippen LogP contribution in [0.15, 0.2) is 43.2 Å². The molecule has 0 radical (unpaired) electrons. The van der Waals surface area contributed by atoms with Gasteiger partial charge >= 0.3 is 0 Å². The third kappa shape index (κ3) is 1.65. The molecule has 82 valence electrons. The van der Waals surface area contributed by atoms with E-state index >= 15 is 0 Å². The molecule has 0 N–H and O–H groups in total. The van der Waals surface area contributed by atoms with Gasteiger partial charge in [0, 0.05) is 4.90 Å². The smallest absolute Gasteiger partial charge is 0.218 e. The largest absolute Gasteiger partial charge is 0.219 e. The molecule has 6 heteroatoms. The van der Waals surface area contributed by atoms with Gasteiger partial charge in [0.2, 0.25) is 9.84 Å². The summed E-state index contributed by atoms with van der Waals surface area (Å²) in [5, 5.41) is 8.94. The summed E-state index contributed by atoms with van der Waals surface area (Å²) < 4.78 is 24.7. The van der Waals surface area contributed by atoms with E-state index in [4.69, 9.17) is 5.26 Å². The fraction of sp³-hybridized carbons (Fsp3) is 0.100. The van der Waals surface area contributed by atoms with Gasteiger partial charge in [-0.05, 0) is 18.4 Å². The average Bonchev–Trinajstić information content (AvgIpc) is 2.28. The van der Waals surface area contributed by atoms with Crippen LogP contribution < -0.4 is 0 Å². The summed E-state index contributed by atoms with van der Waals surface area (Å²) in [6.45, 7) is 0. The standard InChI is InChI=1S/C10H7NO2S3/c1-14-10-9(6-11)16(12,13)8-5-3-2-4-7(8)15-10/h2-5H,1H3. The van der Waals surface area contributed by atoms with E-state index in [1.807, 2.05) is 0 Å². The van der Waals surface area contributed by atoms with Crippen molar-refractivity contribution in [3.05, 3.63) is 33.4 Å². The number of rotatable bonds is 1. The minimum Gasteiger partial charge on any atom is -0.218 e. The van der Waals surface area contributed by atoms with Gasteiger partial charge < -0.3 is 0 Å². The first-order valence-corrected chi connectivity index (χ1v) is 7.84. The molecule has 0 aliphatic carbocycles. The van der Waals surface area contributed by atoms with Crippen molar-refractivity contribution in [1.29, 1.82) is 5.26 Å². The Balaban J connectivity index is 2.76. The van der Waals surface area contributed by atoms with Gasteiger partial charge in [-0.3, -0.25) is 0 Å². The number of fused-ring (bicyclic) bond motifs is 1. The zero-order valence-electron chi connectivity index (χ0n) is 8.30. The Morgan fingerprint density at radius 2 is 2.06 bits per heavy atom. The number of sulfone groups is 1. The van der Waals surface area contributed by atoms with Gasteiger partial charge in [-0.25, -0.2) is 8.42 Å². The lowest BCUT2D eigenvalue weighted by atomic mass is 10.4. The van der Waals surface area contributed by atoms with Crippen LogP contribution >= 0.6 is 23.5 Å². The van der Waals surface area contributed by atoms with Crippen LogP contribution in [0.25, 0.3) is 0 Å². The highest BCUT2D eigenvalue weighted by Gasteiger charge is 2.32. The van der Waals surface area contributed by atoms with Crippen molar-refractivity contribution in [1.82, 2.24) is 0 Å². The number of hydrogen-bond acceptors (Lipinski definition) is 5. The number of nitriles is 1. The summed E-state index contributed by atoms with van der Waals surface area (Å²) in [5.74, 6) is 0. The second-order valence-electron chi connectivity index (χ2n) is 2.98. The SMILES string of the molecule is CSC1=C(C#N)S(=O)(=O)c2ccccc2S1. The molecule has 0 saturated heterocycles. The Morgan fingerprint density at radius 1 is 1.38 bits per heavy atom. The van der Waals surface area contributed by atoms with Crippen molar-refractivity contribution in [2.24, 2.45) is 0 Å². The van der Waals surface area contributed by atoms with Crippen LogP contribution in [0.4, 0.5) is 0 Å². The second-order valence-corrected chi connectivity index (χ2v) is 6.97. The van der Waals surface area contributed by atoms with Crippen LogP contribution in [-0.2, 0) is 9.84 Å². The van der Waals surface area contributed by atoms with Crippen molar-refractivity contribution >= 4 is 33.4 Å².